The van der Waals surface area contributed by atoms with E-state index in [1.807, 2.05) is 0 Å². The Morgan fingerprint density at radius 3 is 2.56 bits per heavy atom. The maximum absolute atomic E-state index is 12.2. The second kappa shape index (κ2) is 10.2. The second-order valence-corrected chi connectivity index (χ2v) is 14.9. The summed E-state index contributed by atoms with van der Waals surface area (Å²) in [5.74, 6) is 0.387. The minimum Gasteiger partial charge on any atom is -0.389 e. The number of aliphatic hydroxyl groups is 2. The highest BCUT2D eigenvalue weighted by molar-refractivity contribution is 5.39. The van der Waals surface area contributed by atoms with Gasteiger partial charge in [0.2, 0.25) is 0 Å². The van der Waals surface area contributed by atoms with Crippen LogP contribution in [0.3, 0.4) is 0 Å². The number of fused-ring (bicyclic) bond motifs is 4. The molecule has 6 rings (SSSR count). The summed E-state index contributed by atoms with van der Waals surface area (Å²) in [7, 11) is 0. The maximum Gasteiger partial charge on any atom is 0.171 e. The molecule has 7 atom stereocenters. The molecular formula is C33H52O6. The lowest BCUT2D eigenvalue weighted by Gasteiger charge is -2.58. The standard InChI is InChI=1S/C33H52O6/c1-5-23-18-30(4)26(10-14-32(30,35)12-7-17-37-24-8-6-16-36-19-24)25-9-13-31(34)20-33(15-11-27(31)28(23)25)38-21-29(2,3)22-39-33/h5,23-26,34-35H,1,6-22H2,2-4H3/t23-,24?,25-,26-,30-,31+,32-/m0/s1. The molecule has 0 aromatic heterocycles. The topological polar surface area (TPSA) is 77.4 Å². The summed E-state index contributed by atoms with van der Waals surface area (Å²) < 4.78 is 24.4. The van der Waals surface area contributed by atoms with Gasteiger partial charge in [0.15, 0.2) is 5.79 Å². The van der Waals surface area contributed by atoms with E-state index in [0.717, 1.165) is 77.2 Å². The van der Waals surface area contributed by atoms with E-state index >= 15 is 0 Å². The van der Waals surface area contributed by atoms with Crippen LogP contribution in [0.15, 0.2) is 23.8 Å². The van der Waals surface area contributed by atoms with E-state index in [0.29, 0.717) is 44.7 Å². The zero-order valence-corrected chi connectivity index (χ0v) is 24.6. The zero-order valence-electron chi connectivity index (χ0n) is 24.6. The van der Waals surface area contributed by atoms with Crippen LogP contribution >= 0.6 is 0 Å². The fraction of sp³-hybridized carbons (Fsp3) is 0.879. The molecule has 39 heavy (non-hydrogen) atoms. The molecule has 5 fully saturated rings. The van der Waals surface area contributed by atoms with Crippen LogP contribution in [-0.4, -0.2) is 66.3 Å². The molecule has 6 nitrogen and oxygen atoms in total. The van der Waals surface area contributed by atoms with E-state index in [2.05, 4.69) is 33.4 Å². The molecule has 0 bridgehead atoms. The summed E-state index contributed by atoms with van der Waals surface area (Å²) in [6.45, 7) is 14.6. The van der Waals surface area contributed by atoms with Crippen molar-refractivity contribution in [2.75, 3.05) is 33.0 Å². The van der Waals surface area contributed by atoms with Crippen LogP contribution in [0.2, 0.25) is 0 Å². The van der Waals surface area contributed by atoms with Crippen LogP contribution in [0.5, 0.6) is 0 Å². The Balaban J connectivity index is 1.18. The van der Waals surface area contributed by atoms with Gasteiger partial charge in [-0.2, -0.15) is 0 Å². The van der Waals surface area contributed by atoms with E-state index in [4.69, 9.17) is 18.9 Å². The minimum atomic E-state index is -0.865. The van der Waals surface area contributed by atoms with Gasteiger partial charge in [0, 0.05) is 36.9 Å². The smallest absolute Gasteiger partial charge is 0.171 e. The zero-order chi connectivity index (χ0) is 27.5. The van der Waals surface area contributed by atoms with Crippen molar-refractivity contribution < 1.29 is 29.2 Å². The van der Waals surface area contributed by atoms with Crippen LogP contribution < -0.4 is 0 Å². The van der Waals surface area contributed by atoms with E-state index in [1.165, 1.54) is 11.1 Å². The van der Waals surface area contributed by atoms with E-state index in [1.54, 1.807) is 0 Å². The fourth-order valence-corrected chi connectivity index (χ4v) is 9.49. The van der Waals surface area contributed by atoms with Crippen molar-refractivity contribution in [1.82, 2.24) is 0 Å². The molecule has 1 spiro atoms. The minimum absolute atomic E-state index is 0.0156. The Morgan fingerprint density at radius 1 is 1.05 bits per heavy atom. The molecule has 2 aliphatic heterocycles. The first-order valence-electron chi connectivity index (χ1n) is 15.8. The van der Waals surface area contributed by atoms with Gasteiger partial charge in [-0.1, -0.05) is 32.4 Å². The number of allylic oxidation sites excluding steroid dienone is 2. The summed E-state index contributed by atoms with van der Waals surface area (Å²) in [6.07, 6.45) is 12.8. The van der Waals surface area contributed by atoms with Crippen molar-refractivity contribution in [2.24, 2.45) is 28.6 Å². The SMILES string of the molecule is C=C[C@H]1C[C@@]2(C)[C@@H](CC[C@@]2(O)CCCOC2CCCOC2)[C@@H]2CC[C@@]3(O)CC4(CCC3=C21)OCC(C)(C)CO4. The summed E-state index contributed by atoms with van der Waals surface area (Å²) in [6, 6.07) is 0. The van der Waals surface area contributed by atoms with Crippen molar-refractivity contribution in [2.45, 2.75) is 121 Å². The molecule has 4 aliphatic carbocycles. The number of rotatable bonds is 6. The van der Waals surface area contributed by atoms with Crippen molar-refractivity contribution in [1.29, 1.82) is 0 Å². The Labute approximate surface area is 235 Å². The van der Waals surface area contributed by atoms with Gasteiger partial charge in [0.1, 0.15) is 0 Å². The Kier molecular flexibility index (Phi) is 7.42. The summed E-state index contributed by atoms with van der Waals surface area (Å²) >= 11 is 0. The lowest BCUT2D eigenvalue weighted by atomic mass is 9.50. The molecule has 3 saturated carbocycles. The summed E-state index contributed by atoms with van der Waals surface area (Å²) in [5.41, 5.74) is 1.00. The molecule has 6 aliphatic rings. The van der Waals surface area contributed by atoms with Gasteiger partial charge >= 0.3 is 0 Å². The number of ether oxygens (including phenoxy) is 4. The fourth-order valence-electron chi connectivity index (χ4n) is 9.49. The quantitative estimate of drug-likeness (QED) is 0.330. The molecule has 2 saturated heterocycles. The first-order chi connectivity index (χ1) is 18.5. The highest BCUT2D eigenvalue weighted by Crippen LogP contribution is 2.67. The van der Waals surface area contributed by atoms with Crippen molar-refractivity contribution in [3.63, 3.8) is 0 Å². The average Bonchev–Trinajstić information content (AvgIpc) is 3.18. The lowest BCUT2D eigenvalue weighted by molar-refractivity contribution is -0.322. The van der Waals surface area contributed by atoms with E-state index < -0.39 is 17.0 Å². The number of hydrogen-bond acceptors (Lipinski definition) is 6. The molecule has 0 radical (unpaired) electrons. The van der Waals surface area contributed by atoms with Crippen LogP contribution in [-0.2, 0) is 18.9 Å². The second-order valence-electron chi connectivity index (χ2n) is 14.9. The van der Waals surface area contributed by atoms with Crippen LogP contribution in [0.4, 0.5) is 0 Å². The first-order valence-corrected chi connectivity index (χ1v) is 15.8. The van der Waals surface area contributed by atoms with Crippen LogP contribution in [0, 0.1) is 28.6 Å². The highest BCUT2D eigenvalue weighted by Gasteiger charge is 2.64. The van der Waals surface area contributed by atoms with Gasteiger partial charge < -0.3 is 29.2 Å². The molecule has 220 valence electrons. The third-order valence-corrected chi connectivity index (χ3v) is 11.7. The largest absolute Gasteiger partial charge is 0.389 e. The predicted octanol–water partition coefficient (Wildman–Crippen LogP) is 5.71. The average molecular weight is 545 g/mol. The van der Waals surface area contributed by atoms with Gasteiger partial charge in [-0.05, 0) is 87.5 Å². The third kappa shape index (κ3) is 4.89. The normalized spacial score (nSPS) is 44.9. The first kappa shape index (κ1) is 28.4. The predicted molar refractivity (Wildman–Crippen MR) is 150 cm³/mol. The molecule has 0 amide bonds. The Bertz CT molecular complexity index is 957. The highest BCUT2D eigenvalue weighted by atomic mass is 16.7. The van der Waals surface area contributed by atoms with Crippen molar-refractivity contribution in [3.8, 4) is 0 Å². The molecule has 2 heterocycles. The number of hydrogen-bond donors (Lipinski definition) is 2. The monoisotopic (exact) mass is 544 g/mol. The molecule has 6 heteroatoms. The lowest BCUT2D eigenvalue weighted by Crippen LogP contribution is -2.58. The third-order valence-electron chi connectivity index (χ3n) is 11.7. The molecule has 0 aromatic rings. The maximum atomic E-state index is 12.2. The van der Waals surface area contributed by atoms with Gasteiger partial charge in [-0.3, -0.25) is 0 Å². The van der Waals surface area contributed by atoms with Gasteiger partial charge in [-0.25, -0.2) is 0 Å². The molecule has 2 N–H and O–H groups in total. The van der Waals surface area contributed by atoms with Gasteiger partial charge in [0.05, 0.1) is 37.1 Å². The van der Waals surface area contributed by atoms with Crippen molar-refractivity contribution in [3.05, 3.63) is 23.8 Å². The molecule has 0 aromatic carbocycles. The molecular weight excluding hydrogens is 492 g/mol. The van der Waals surface area contributed by atoms with Crippen LogP contribution in [0.1, 0.15) is 97.8 Å². The Morgan fingerprint density at radius 2 is 1.85 bits per heavy atom. The summed E-state index contributed by atoms with van der Waals surface area (Å²) in [5, 5.41) is 24.3. The van der Waals surface area contributed by atoms with Gasteiger partial charge in [-0.15, -0.1) is 6.58 Å². The molecule has 1 unspecified atom stereocenters. The van der Waals surface area contributed by atoms with Crippen LogP contribution in [0.25, 0.3) is 0 Å². The van der Waals surface area contributed by atoms with Gasteiger partial charge in [0.25, 0.3) is 0 Å². The van der Waals surface area contributed by atoms with E-state index in [-0.39, 0.29) is 22.9 Å². The Hall–Kier alpha value is -0.760. The van der Waals surface area contributed by atoms with E-state index in [9.17, 15) is 10.2 Å². The summed E-state index contributed by atoms with van der Waals surface area (Å²) in [4.78, 5) is 0. The van der Waals surface area contributed by atoms with Crippen molar-refractivity contribution >= 4 is 0 Å².